The zero-order chi connectivity index (χ0) is 55.0. The van der Waals surface area contributed by atoms with E-state index in [4.69, 9.17) is 14.2 Å². The molecule has 76 heavy (non-hydrogen) atoms. The Hall–Kier alpha value is -5.23. The van der Waals surface area contributed by atoms with Gasteiger partial charge in [-0.15, -0.1) is 0 Å². The van der Waals surface area contributed by atoms with Crippen LogP contribution in [0.5, 0.6) is 0 Å². The predicted octanol–water partition coefficient (Wildman–Crippen LogP) is 20.7. The van der Waals surface area contributed by atoms with Gasteiger partial charge in [-0.3, -0.25) is 14.4 Å². The number of unbranched alkanes of at least 4 members (excludes halogenated alkanes) is 14. The summed E-state index contributed by atoms with van der Waals surface area (Å²) in [4.78, 5) is 37.9. The van der Waals surface area contributed by atoms with E-state index in [-0.39, 0.29) is 31.6 Å². The number of hydrogen-bond acceptors (Lipinski definition) is 6. The molecule has 0 radical (unpaired) electrons. The van der Waals surface area contributed by atoms with Crippen molar-refractivity contribution in [3.63, 3.8) is 0 Å². The minimum atomic E-state index is -0.842. The molecule has 0 aliphatic heterocycles. The van der Waals surface area contributed by atoms with E-state index < -0.39 is 12.1 Å². The SMILES string of the molecule is CC/C=C\C/C=C\C/C=C\C/C=C\C/C=C\C/C=C\C/C=C\C/C=C\C/C=C\CCCCCCCCCC(=O)OCC(COC(=O)CCCCCCCCCC)OC(=O)C/C=C\C/C=C\C/C=C\C/C=C\C/C=C\CC. The summed E-state index contributed by atoms with van der Waals surface area (Å²) >= 11 is 0. The third kappa shape index (κ3) is 59.6. The molecule has 0 aliphatic carbocycles. The first kappa shape index (κ1) is 70.8. The first-order valence-electron chi connectivity index (χ1n) is 30.1. The van der Waals surface area contributed by atoms with Crippen molar-refractivity contribution >= 4 is 17.9 Å². The number of esters is 3. The van der Waals surface area contributed by atoms with Gasteiger partial charge in [0, 0.05) is 12.8 Å². The van der Waals surface area contributed by atoms with Gasteiger partial charge in [0.1, 0.15) is 13.2 Å². The maximum atomic E-state index is 12.7. The van der Waals surface area contributed by atoms with E-state index in [0.29, 0.717) is 19.3 Å². The van der Waals surface area contributed by atoms with Crippen molar-refractivity contribution in [3.05, 3.63) is 170 Å². The minimum absolute atomic E-state index is 0.0881. The lowest BCUT2D eigenvalue weighted by molar-refractivity contribution is -0.166. The Morgan fingerprint density at radius 1 is 0.289 bits per heavy atom. The molecule has 0 aromatic rings. The van der Waals surface area contributed by atoms with Crippen LogP contribution in [0.2, 0.25) is 0 Å². The van der Waals surface area contributed by atoms with Crippen LogP contribution in [-0.2, 0) is 28.6 Å². The van der Waals surface area contributed by atoms with Gasteiger partial charge in [-0.05, 0) is 116 Å². The zero-order valence-electron chi connectivity index (χ0n) is 48.4. The molecule has 0 bridgehead atoms. The van der Waals surface area contributed by atoms with E-state index in [1.165, 1.54) is 51.4 Å². The lowest BCUT2D eigenvalue weighted by Crippen LogP contribution is -2.30. The van der Waals surface area contributed by atoms with Gasteiger partial charge in [0.05, 0.1) is 6.42 Å². The smallest absolute Gasteiger partial charge is 0.310 e. The molecule has 0 aromatic carbocycles. The van der Waals surface area contributed by atoms with Crippen LogP contribution in [0.25, 0.3) is 0 Å². The standard InChI is InChI=1S/C70H108O6/c1-4-7-10-13-16-19-21-23-25-26-27-28-29-30-31-32-33-34-35-36-37-38-39-40-41-42-43-44-46-47-49-51-54-57-60-63-69(72)75-66-67(65-74-68(71)62-59-56-53-18-15-12-9-6-3)76-70(73)64-61-58-55-52-50-48-45-24-22-20-17-14-11-8-5-2/h7-8,10-11,16-17,19-20,23-25,27-28,30-31,33-34,36-37,39-40,42-43,45,50,52,58,61,67H,4-6,9,12-15,18,21-22,26,29,32,35,38,41,44,46-49,51,53-57,59-60,62-66H2,1-3H3/b10-7-,11-8-,19-16-,20-17-,25-23-,28-27-,31-30-,34-33-,37-36-,40-39-,43-42-,45-24-,52-50-,61-58-. The van der Waals surface area contributed by atoms with Gasteiger partial charge >= 0.3 is 17.9 Å². The highest BCUT2D eigenvalue weighted by atomic mass is 16.6. The first-order valence-corrected chi connectivity index (χ1v) is 30.1. The quantitative estimate of drug-likeness (QED) is 0.0261. The monoisotopic (exact) mass is 1040 g/mol. The number of hydrogen-bond donors (Lipinski definition) is 0. The average molecular weight is 1050 g/mol. The van der Waals surface area contributed by atoms with Crippen LogP contribution in [-0.4, -0.2) is 37.2 Å². The molecule has 0 heterocycles. The summed E-state index contributed by atoms with van der Waals surface area (Å²) in [7, 11) is 0. The molecular weight excluding hydrogens is 937 g/mol. The number of carbonyl (C=O) groups is 3. The van der Waals surface area contributed by atoms with Gasteiger partial charge in [-0.1, -0.05) is 268 Å². The fourth-order valence-corrected chi connectivity index (χ4v) is 7.57. The lowest BCUT2D eigenvalue weighted by Gasteiger charge is -2.18. The fraction of sp³-hybridized carbons (Fsp3) is 0.557. The van der Waals surface area contributed by atoms with Crippen molar-refractivity contribution in [1.82, 2.24) is 0 Å². The van der Waals surface area contributed by atoms with Crippen molar-refractivity contribution in [3.8, 4) is 0 Å². The molecule has 0 aromatic heterocycles. The largest absolute Gasteiger partial charge is 0.462 e. The Balaban J connectivity index is 4.25. The Morgan fingerprint density at radius 3 is 0.868 bits per heavy atom. The molecule has 0 amide bonds. The van der Waals surface area contributed by atoms with Crippen LogP contribution in [0.15, 0.2) is 170 Å². The van der Waals surface area contributed by atoms with E-state index in [1.807, 2.05) is 6.08 Å². The maximum Gasteiger partial charge on any atom is 0.310 e. The molecule has 1 unspecified atom stereocenters. The summed E-state index contributed by atoms with van der Waals surface area (Å²) < 4.78 is 16.7. The van der Waals surface area contributed by atoms with Crippen molar-refractivity contribution in [1.29, 1.82) is 0 Å². The number of allylic oxidation sites excluding steroid dienone is 27. The third-order valence-electron chi connectivity index (χ3n) is 12.0. The molecular formula is C70H108O6. The maximum absolute atomic E-state index is 12.7. The second-order valence-corrected chi connectivity index (χ2v) is 19.2. The molecule has 424 valence electrons. The van der Waals surface area contributed by atoms with E-state index in [1.54, 1.807) is 6.08 Å². The topological polar surface area (TPSA) is 78.9 Å². The summed E-state index contributed by atoms with van der Waals surface area (Å²) in [6, 6.07) is 0. The van der Waals surface area contributed by atoms with Crippen LogP contribution < -0.4 is 0 Å². The average Bonchev–Trinajstić information content (AvgIpc) is 3.42. The molecule has 0 rings (SSSR count). The highest BCUT2D eigenvalue weighted by molar-refractivity contribution is 5.72. The molecule has 0 spiro atoms. The summed E-state index contributed by atoms with van der Waals surface area (Å²) in [6.45, 7) is 6.26. The van der Waals surface area contributed by atoms with Crippen molar-refractivity contribution in [2.24, 2.45) is 0 Å². The molecule has 0 aliphatic rings. The second kappa shape index (κ2) is 62.3. The van der Waals surface area contributed by atoms with Gasteiger partial charge in [0.25, 0.3) is 0 Å². The third-order valence-corrected chi connectivity index (χ3v) is 12.0. The first-order chi connectivity index (χ1) is 37.5. The van der Waals surface area contributed by atoms with E-state index in [2.05, 4.69) is 179 Å². The zero-order valence-corrected chi connectivity index (χ0v) is 48.4. The van der Waals surface area contributed by atoms with Gasteiger partial charge in [0.15, 0.2) is 6.10 Å². The van der Waals surface area contributed by atoms with E-state index in [9.17, 15) is 14.4 Å². The van der Waals surface area contributed by atoms with Gasteiger partial charge < -0.3 is 14.2 Å². The number of rotatable bonds is 52. The Bertz CT molecular complexity index is 1770. The lowest BCUT2D eigenvalue weighted by atomic mass is 10.1. The van der Waals surface area contributed by atoms with Crippen molar-refractivity contribution in [2.75, 3.05) is 13.2 Å². The van der Waals surface area contributed by atoms with Crippen molar-refractivity contribution in [2.45, 2.75) is 239 Å². The second-order valence-electron chi connectivity index (χ2n) is 19.2. The van der Waals surface area contributed by atoms with Crippen LogP contribution in [0.4, 0.5) is 0 Å². The van der Waals surface area contributed by atoms with Crippen LogP contribution >= 0.6 is 0 Å². The van der Waals surface area contributed by atoms with Crippen molar-refractivity contribution < 1.29 is 28.6 Å². The number of carbonyl (C=O) groups excluding carboxylic acids is 3. The van der Waals surface area contributed by atoms with Crippen LogP contribution in [0.1, 0.15) is 233 Å². The van der Waals surface area contributed by atoms with Gasteiger partial charge in [-0.2, -0.15) is 0 Å². The fourth-order valence-electron chi connectivity index (χ4n) is 7.57. The summed E-state index contributed by atoms with van der Waals surface area (Å²) in [5, 5.41) is 0. The molecule has 0 fully saturated rings. The Morgan fingerprint density at radius 2 is 0.553 bits per heavy atom. The summed E-state index contributed by atoms with van der Waals surface area (Å²) in [6.07, 6.45) is 92.6. The molecule has 1 atom stereocenters. The summed E-state index contributed by atoms with van der Waals surface area (Å²) in [5.41, 5.74) is 0. The Kier molecular flexibility index (Phi) is 58.0. The van der Waals surface area contributed by atoms with Gasteiger partial charge in [0.2, 0.25) is 0 Å². The van der Waals surface area contributed by atoms with E-state index >= 15 is 0 Å². The summed E-state index contributed by atoms with van der Waals surface area (Å²) in [5.74, 6) is -1.08. The molecule has 6 heteroatoms. The Labute approximate surface area is 466 Å². The highest BCUT2D eigenvalue weighted by Gasteiger charge is 2.19. The molecule has 0 N–H and O–H groups in total. The van der Waals surface area contributed by atoms with Gasteiger partial charge in [-0.25, -0.2) is 0 Å². The molecule has 6 nitrogen and oxygen atoms in total. The molecule has 0 saturated carbocycles. The minimum Gasteiger partial charge on any atom is -0.462 e. The molecule has 0 saturated heterocycles. The predicted molar refractivity (Wildman–Crippen MR) is 329 cm³/mol. The number of ether oxygens (including phenoxy) is 3. The highest BCUT2D eigenvalue weighted by Crippen LogP contribution is 2.13. The van der Waals surface area contributed by atoms with Crippen LogP contribution in [0, 0.1) is 0 Å². The van der Waals surface area contributed by atoms with Crippen LogP contribution in [0.3, 0.4) is 0 Å². The normalized spacial score (nSPS) is 13.4. The van der Waals surface area contributed by atoms with E-state index in [0.717, 1.165) is 135 Å².